The molecule has 1 fully saturated rings. The van der Waals surface area contributed by atoms with Crippen LogP contribution in [0.25, 0.3) is 0 Å². The van der Waals surface area contributed by atoms with Crippen LogP contribution in [-0.4, -0.2) is 32.9 Å². The summed E-state index contributed by atoms with van der Waals surface area (Å²) in [6.07, 6.45) is 0.510. The van der Waals surface area contributed by atoms with Crippen molar-refractivity contribution in [2.24, 2.45) is 11.8 Å². The second-order valence-electron chi connectivity index (χ2n) is 4.09. The van der Waals surface area contributed by atoms with Gasteiger partial charge in [0.05, 0.1) is 11.5 Å². The van der Waals surface area contributed by atoms with Crippen molar-refractivity contribution >= 4 is 15.7 Å². The Kier molecular flexibility index (Phi) is 3.54. The van der Waals surface area contributed by atoms with E-state index in [1.54, 1.807) is 7.05 Å². The zero-order valence-electron chi connectivity index (χ0n) is 9.12. The van der Waals surface area contributed by atoms with E-state index < -0.39 is 9.84 Å². The van der Waals surface area contributed by atoms with Crippen molar-refractivity contribution in [3.05, 3.63) is 12.2 Å². The van der Waals surface area contributed by atoms with E-state index in [4.69, 9.17) is 0 Å². The van der Waals surface area contributed by atoms with Crippen molar-refractivity contribution < 1.29 is 13.2 Å². The van der Waals surface area contributed by atoms with E-state index in [1.165, 1.54) is 0 Å². The fourth-order valence-electron chi connectivity index (χ4n) is 2.04. The highest BCUT2D eigenvalue weighted by atomic mass is 32.2. The molecule has 0 radical (unpaired) electrons. The molecule has 0 aromatic heterocycles. The largest absolute Gasteiger partial charge is 0.355 e. The van der Waals surface area contributed by atoms with Crippen molar-refractivity contribution in [3.63, 3.8) is 0 Å². The summed E-state index contributed by atoms with van der Waals surface area (Å²) in [5.41, 5.74) is 0.500. The summed E-state index contributed by atoms with van der Waals surface area (Å²) in [6, 6.07) is 0. The average Bonchev–Trinajstić information content (AvgIpc) is 2.14. The summed E-state index contributed by atoms with van der Waals surface area (Å²) in [5.74, 6) is 0.110. The smallest absolute Gasteiger partial charge is 0.246 e. The van der Waals surface area contributed by atoms with Gasteiger partial charge in [0.1, 0.15) is 0 Å². The summed E-state index contributed by atoms with van der Waals surface area (Å²) in [5, 5.41) is 2.52. The Bertz CT molecular complexity index is 372. The number of likely N-dealkylation sites (N-methyl/N-ethyl adjacent to an activating group) is 1. The number of carbonyl (C=O) groups excluding carboxylic acids is 1. The Morgan fingerprint density at radius 3 is 2.53 bits per heavy atom. The summed E-state index contributed by atoms with van der Waals surface area (Å²) < 4.78 is 22.7. The van der Waals surface area contributed by atoms with Crippen molar-refractivity contribution in [2.45, 2.75) is 13.3 Å². The molecule has 1 aliphatic heterocycles. The van der Waals surface area contributed by atoms with E-state index >= 15 is 0 Å². The highest BCUT2D eigenvalue weighted by Crippen LogP contribution is 2.30. The highest BCUT2D eigenvalue weighted by molar-refractivity contribution is 7.91. The standard InChI is InChI=1S/C10H17NO3S/c1-7-6-15(13,14)5-4-9(7)8(2)10(12)11-3/h7,9H,2,4-6H2,1,3H3,(H,11,12). The first-order valence-electron chi connectivity index (χ1n) is 4.98. The van der Waals surface area contributed by atoms with Gasteiger partial charge in [0.25, 0.3) is 0 Å². The molecule has 0 saturated carbocycles. The minimum absolute atomic E-state index is 0.00604. The topological polar surface area (TPSA) is 63.2 Å². The number of hydrogen-bond donors (Lipinski definition) is 1. The summed E-state index contributed by atoms with van der Waals surface area (Å²) >= 11 is 0. The van der Waals surface area contributed by atoms with Crippen LogP contribution >= 0.6 is 0 Å². The van der Waals surface area contributed by atoms with E-state index in [-0.39, 0.29) is 29.2 Å². The summed E-state index contributed by atoms with van der Waals surface area (Å²) in [7, 11) is -1.35. The molecule has 1 rings (SSSR count). The first-order chi connectivity index (χ1) is 6.87. The molecule has 4 nitrogen and oxygen atoms in total. The Hall–Kier alpha value is -0.840. The van der Waals surface area contributed by atoms with Crippen molar-refractivity contribution in [3.8, 4) is 0 Å². The SMILES string of the molecule is C=C(C(=O)NC)C1CCS(=O)(=O)CC1C. The van der Waals surface area contributed by atoms with Gasteiger partial charge in [-0.2, -0.15) is 0 Å². The molecule has 2 atom stereocenters. The molecular formula is C10H17NO3S. The lowest BCUT2D eigenvalue weighted by molar-refractivity contribution is -0.117. The molecule has 86 valence electrons. The van der Waals surface area contributed by atoms with Gasteiger partial charge in [-0.3, -0.25) is 4.79 Å². The first kappa shape index (κ1) is 12.2. The Balaban J connectivity index is 2.75. The Morgan fingerprint density at radius 1 is 1.47 bits per heavy atom. The van der Waals surface area contributed by atoms with Crippen LogP contribution in [0, 0.1) is 11.8 Å². The summed E-state index contributed by atoms with van der Waals surface area (Å²) in [4.78, 5) is 11.4. The van der Waals surface area contributed by atoms with Crippen molar-refractivity contribution in [2.75, 3.05) is 18.6 Å². The first-order valence-corrected chi connectivity index (χ1v) is 6.81. The predicted molar refractivity (Wildman–Crippen MR) is 59.1 cm³/mol. The van der Waals surface area contributed by atoms with Gasteiger partial charge in [0.2, 0.25) is 5.91 Å². The minimum atomic E-state index is -2.90. The lowest BCUT2D eigenvalue weighted by Gasteiger charge is -2.29. The fraction of sp³-hybridized carbons (Fsp3) is 0.700. The molecule has 1 amide bonds. The van der Waals surface area contributed by atoms with Crippen LogP contribution < -0.4 is 5.32 Å². The van der Waals surface area contributed by atoms with Crippen LogP contribution in [0.2, 0.25) is 0 Å². The number of hydrogen-bond acceptors (Lipinski definition) is 3. The second-order valence-corrected chi connectivity index (χ2v) is 6.32. The molecule has 15 heavy (non-hydrogen) atoms. The Morgan fingerprint density at radius 2 is 2.07 bits per heavy atom. The van der Waals surface area contributed by atoms with E-state index in [2.05, 4.69) is 11.9 Å². The number of amides is 1. The zero-order chi connectivity index (χ0) is 11.6. The van der Waals surface area contributed by atoms with Gasteiger partial charge >= 0.3 is 0 Å². The molecule has 2 unspecified atom stereocenters. The molecule has 0 aromatic rings. The normalized spacial score (nSPS) is 29.5. The number of carbonyl (C=O) groups is 1. The van der Waals surface area contributed by atoms with Gasteiger partial charge in [0, 0.05) is 12.6 Å². The van der Waals surface area contributed by atoms with Crippen molar-refractivity contribution in [1.82, 2.24) is 5.32 Å². The van der Waals surface area contributed by atoms with Crippen LogP contribution in [0.3, 0.4) is 0 Å². The van der Waals surface area contributed by atoms with Gasteiger partial charge in [-0.1, -0.05) is 13.5 Å². The molecule has 1 aliphatic rings. The van der Waals surface area contributed by atoms with E-state index in [9.17, 15) is 13.2 Å². The van der Waals surface area contributed by atoms with E-state index in [0.717, 1.165) is 0 Å². The second kappa shape index (κ2) is 4.35. The Labute approximate surface area is 90.7 Å². The van der Waals surface area contributed by atoms with E-state index in [1.807, 2.05) is 6.92 Å². The van der Waals surface area contributed by atoms with Crippen molar-refractivity contribution in [1.29, 1.82) is 0 Å². The fourth-order valence-corrected chi connectivity index (χ4v) is 3.85. The van der Waals surface area contributed by atoms with Crippen LogP contribution in [0.5, 0.6) is 0 Å². The van der Waals surface area contributed by atoms with Gasteiger partial charge in [0.15, 0.2) is 9.84 Å². The van der Waals surface area contributed by atoms with Crippen LogP contribution in [0.15, 0.2) is 12.2 Å². The van der Waals surface area contributed by atoms with Gasteiger partial charge in [-0.15, -0.1) is 0 Å². The third-order valence-corrected chi connectivity index (χ3v) is 4.80. The molecule has 0 aromatic carbocycles. The molecule has 0 spiro atoms. The van der Waals surface area contributed by atoms with Gasteiger partial charge in [-0.05, 0) is 18.3 Å². The monoisotopic (exact) mass is 231 g/mol. The maximum Gasteiger partial charge on any atom is 0.246 e. The molecular weight excluding hydrogens is 214 g/mol. The van der Waals surface area contributed by atoms with Crippen LogP contribution in [0.4, 0.5) is 0 Å². The van der Waals surface area contributed by atoms with Gasteiger partial charge < -0.3 is 5.32 Å². The highest BCUT2D eigenvalue weighted by Gasteiger charge is 2.33. The maximum atomic E-state index is 11.4. The minimum Gasteiger partial charge on any atom is -0.355 e. The number of sulfone groups is 1. The van der Waals surface area contributed by atoms with Crippen LogP contribution in [0.1, 0.15) is 13.3 Å². The average molecular weight is 231 g/mol. The molecule has 0 aliphatic carbocycles. The molecule has 1 heterocycles. The molecule has 5 heteroatoms. The predicted octanol–water partition coefficient (Wildman–Crippen LogP) is 0.359. The quantitative estimate of drug-likeness (QED) is 0.698. The van der Waals surface area contributed by atoms with E-state index in [0.29, 0.717) is 12.0 Å². The third kappa shape index (κ3) is 2.81. The lowest BCUT2D eigenvalue weighted by atomic mass is 9.86. The molecule has 0 bridgehead atoms. The third-order valence-electron chi connectivity index (χ3n) is 2.91. The number of nitrogens with one attached hydrogen (secondary N) is 1. The maximum absolute atomic E-state index is 11.4. The molecule has 1 saturated heterocycles. The molecule has 1 N–H and O–H groups in total. The number of rotatable bonds is 2. The lowest BCUT2D eigenvalue weighted by Crippen LogP contribution is -2.35. The summed E-state index contributed by atoms with van der Waals surface area (Å²) in [6.45, 7) is 5.60. The van der Waals surface area contributed by atoms with Gasteiger partial charge in [-0.25, -0.2) is 8.42 Å². The van der Waals surface area contributed by atoms with Crippen LogP contribution in [-0.2, 0) is 14.6 Å². The zero-order valence-corrected chi connectivity index (χ0v) is 9.93.